The van der Waals surface area contributed by atoms with Crippen molar-refractivity contribution in [2.75, 3.05) is 11.4 Å². The lowest BCUT2D eigenvalue weighted by atomic mass is 9.82. The molecule has 4 heterocycles. The highest BCUT2D eigenvalue weighted by Gasteiger charge is 2.27. The Hall–Kier alpha value is -4.01. The number of aromatic amines is 1. The zero-order chi connectivity index (χ0) is 23.9. The van der Waals surface area contributed by atoms with E-state index in [9.17, 15) is 14.4 Å². The first-order valence-electron chi connectivity index (χ1n) is 12.1. The number of hydrogen-bond donors (Lipinski definition) is 2. The Kier molecular flexibility index (Phi) is 5.32. The fraction of sp³-hybridized carbons (Fsp3) is 0.346. The first-order valence-corrected chi connectivity index (χ1v) is 12.1. The maximum absolute atomic E-state index is 13.1. The monoisotopic (exact) mass is 470 g/mol. The highest BCUT2D eigenvalue weighted by atomic mass is 16.2. The Labute approximate surface area is 201 Å². The normalized spacial score (nSPS) is 20.6. The lowest BCUT2D eigenvalue weighted by molar-refractivity contribution is -0.117. The molecule has 9 heteroatoms. The van der Waals surface area contributed by atoms with Crippen LogP contribution < -0.4 is 15.8 Å². The van der Waals surface area contributed by atoms with E-state index in [1.54, 1.807) is 15.6 Å². The molecule has 2 aliphatic rings. The standard InChI is InChI=1S/C26H26N6O3/c33-23-6-3-13-31(23)18-11-12-22-21(14-27-32(22)15-18)25(34)28-17-9-7-16(8-10-17)24-19-4-1-2-5-20(19)26(35)30-29-24/h1-2,4-5,11-12,14-17H,3,6-10,13H2,(H,28,34)(H,30,35)/t16-,17-. The molecule has 1 aliphatic carbocycles. The molecule has 2 fully saturated rings. The number of amides is 2. The SMILES string of the molecule is O=C(N[C@H]1CC[C@H](c2n[nH]c(=O)c3ccccc32)CC1)c1cnn2cc(N3CCCC3=O)ccc12. The van der Waals surface area contributed by atoms with Gasteiger partial charge in [0.1, 0.15) is 0 Å². The van der Waals surface area contributed by atoms with E-state index in [1.165, 1.54) is 0 Å². The van der Waals surface area contributed by atoms with Crippen LogP contribution in [-0.2, 0) is 4.79 Å². The molecule has 6 rings (SSSR count). The number of H-pyrrole nitrogens is 1. The smallest absolute Gasteiger partial charge is 0.272 e. The Morgan fingerprint density at radius 2 is 1.83 bits per heavy atom. The third kappa shape index (κ3) is 3.86. The van der Waals surface area contributed by atoms with E-state index < -0.39 is 0 Å². The summed E-state index contributed by atoms with van der Waals surface area (Å²) >= 11 is 0. The number of aromatic nitrogens is 4. The number of rotatable bonds is 4. The second kappa shape index (κ2) is 8.65. The number of pyridine rings is 1. The molecule has 0 radical (unpaired) electrons. The zero-order valence-corrected chi connectivity index (χ0v) is 19.2. The highest BCUT2D eigenvalue weighted by molar-refractivity contribution is 6.01. The molecule has 1 saturated heterocycles. The largest absolute Gasteiger partial charge is 0.349 e. The lowest BCUT2D eigenvalue weighted by Gasteiger charge is -2.29. The number of anilines is 1. The van der Waals surface area contributed by atoms with E-state index in [4.69, 9.17) is 0 Å². The summed E-state index contributed by atoms with van der Waals surface area (Å²) in [4.78, 5) is 39.0. The van der Waals surface area contributed by atoms with Crippen molar-refractivity contribution in [1.82, 2.24) is 25.1 Å². The molecular formula is C26H26N6O3. The van der Waals surface area contributed by atoms with E-state index in [2.05, 4.69) is 20.6 Å². The first kappa shape index (κ1) is 21.5. The minimum atomic E-state index is -0.169. The Morgan fingerprint density at radius 1 is 1.03 bits per heavy atom. The van der Waals surface area contributed by atoms with Crippen molar-refractivity contribution in [3.63, 3.8) is 0 Å². The second-order valence-electron chi connectivity index (χ2n) is 9.43. The zero-order valence-electron chi connectivity index (χ0n) is 19.2. The van der Waals surface area contributed by atoms with Gasteiger partial charge in [-0.2, -0.15) is 10.2 Å². The predicted molar refractivity (Wildman–Crippen MR) is 132 cm³/mol. The van der Waals surface area contributed by atoms with Gasteiger partial charge in [-0.05, 0) is 50.3 Å². The molecule has 178 valence electrons. The molecular weight excluding hydrogens is 444 g/mol. The fourth-order valence-corrected chi connectivity index (χ4v) is 5.45. The van der Waals surface area contributed by atoms with Gasteiger partial charge in [0.05, 0.1) is 40.2 Å². The molecule has 2 amide bonds. The third-order valence-electron chi connectivity index (χ3n) is 7.30. The summed E-state index contributed by atoms with van der Waals surface area (Å²) in [5, 5.41) is 16.1. The molecule has 9 nitrogen and oxygen atoms in total. The molecule has 0 spiro atoms. The molecule has 3 aromatic heterocycles. The van der Waals surface area contributed by atoms with Crippen molar-refractivity contribution in [2.24, 2.45) is 0 Å². The van der Waals surface area contributed by atoms with Crippen LogP contribution in [0.25, 0.3) is 16.3 Å². The molecule has 4 aromatic rings. The summed E-state index contributed by atoms with van der Waals surface area (Å²) < 4.78 is 1.67. The number of nitrogens with zero attached hydrogens (tertiary/aromatic N) is 4. The second-order valence-corrected chi connectivity index (χ2v) is 9.43. The quantitative estimate of drug-likeness (QED) is 0.476. The van der Waals surface area contributed by atoms with Gasteiger partial charge < -0.3 is 10.2 Å². The maximum Gasteiger partial charge on any atom is 0.272 e. The van der Waals surface area contributed by atoms with Crippen molar-refractivity contribution < 1.29 is 9.59 Å². The van der Waals surface area contributed by atoms with Gasteiger partial charge in [0, 0.05) is 30.3 Å². The Morgan fingerprint density at radius 3 is 2.60 bits per heavy atom. The van der Waals surface area contributed by atoms with Gasteiger partial charge in [0.25, 0.3) is 11.5 Å². The predicted octanol–water partition coefficient (Wildman–Crippen LogP) is 3.15. The number of nitrogens with one attached hydrogen (secondary N) is 2. The first-order chi connectivity index (χ1) is 17.1. The molecule has 2 N–H and O–H groups in total. The molecule has 1 aromatic carbocycles. The highest BCUT2D eigenvalue weighted by Crippen LogP contribution is 2.34. The van der Waals surface area contributed by atoms with Crippen LogP contribution in [0.3, 0.4) is 0 Å². The van der Waals surface area contributed by atoms with Crippen LogP contribution in [0.5, 0.6) is 0 Å². The van der Waals surface area contributed by atoms with Crippen molar-refractivity contribution in [3.05, 3.63) is 70.4 Å². The van der Waals surface area contributed by atoms with Gasteiger partial charge in [-0.15, -0.1) is 0 Å². The maximum atomic E-state index is 13.1. The van der Waals surface area contributed by atoms with Crippen molar-refractivity contribution in [3.8, 4) is 0 Å². The van der Waals surface area contributed by atoms with Gasteiger partial charge in [-0.1, -0.05) is 18.2 Å². The van der Waals surface area contributed by atoms with E-state index in [-0.39, 0.29) is 29.3 Å². The van der Waals surface area contributed by atoms with E-state index in [1.807, 2.05) is 42.6 Å². The van der Waals surface area contributed by atoms with Crippen molar-refractivity contribution >= 4 is 33.8 Å². The Bertz CT molecular complexity index is 1500. The molecule has 1 saturated carbocycles. The topological polar surface area (TPSA) is 112 Å². The average molecular weight is 471 g/mol. The van der Waals surface area contributed by atoms with Crippen molar-refractivity contribution in [2.45, 2.75) is 50.5 Å². The summed E-state index contributed by atoms with van der Waals surface area (Å²) in [6.07, 6.45) is 8.27. The van der Waals surface area contributed by atoms with E-state index >= 15 is 0 Å². The molecule has 0 bridgehead atoms. The van der Waals surface area contributed by atoms with E-state index in [0.29, 0.717) is 23.9 Å². The van der Waals surface area contributed by atoms with Crippen LogP contribution >= 0.6 is 0 Å². The minimum Gasteiger partial charge on any atom is -0.349 e. The number of benzene rings is 1. The third-order valence-corrected chi connectivity index (χ3v) is 7.30. The summed E-state index contributed by atoms with van der Waals surface area (Å²) in [6, 6.07) is 11.4. The summed E-state index contributed by atoms with van der Waals surface area (Å²) in [5.41, 5.74) is 2.81. The summed E-state index contributed by atoms with van der Waals surface area (Å²) in [7, 11) is 0. The summed E-state index contributed by atoms with van der Waals surface area (Å²) in [5.74, 6) is 0.227. The van der Waals surface area contributed by atoms with Crippen LogP contribution in [0.1, 0.15) is 60.5 Å². The average Bonchev–Trinajstić information content (AvgIpc) is 3.51. The van der Waals surface area contributed by atoms with Gasteiger partial charge >= 0.3 is 0 Å². The number of fused-ring (bicyclic) bond motifs is 2. The number of carbonyl (C=O) groups is 2. The lowest BCUT2D eigenvalue weighted by Crippen LogP contribution is -2.37. The fourth-order valence-electron chi connectivity index (χ4n) is 5.45. The van der Waals surface area contributed by atoms with Crippen LogP contribution in [0, 0.1) is 0 Å². The molecule has 0 unspecified atom stereocenters. The molecule has 1 aliphatic heterocycles. The molecule has 0 atom stereocenters. The van der Waals surface area contributed by atoms with Gasteiger partial charge in [-0.3, -0.25) is 14.4 Å². The minimum absolute atomic E-state index is 0.0734. The van der Waals surface area contributed by atoms with Gasteiger partial charge in [0.15, 0.2) is 0 Å². The number of carbonyl (C=O) groups excluding carboxylic acids is 2. The van der Waals surface area contributed by atoms with Crippen LogP contribution in [0.2, 0.25) is 0 Å². The van der Waals surface area contributed by atoms with Crippen LogP contribution in [0.4, 0.5) is 5.69 Å². The molecule has 35 heavy (non-hydrogen) atoms. The van der Waals surface area contributed by atoms with Crippen LogP contribution in [-0.4, -0.2) is 44.2 Å². The van der Waals surface area contributed by atoms with Crippen LogP contribution in [0.15, 0.2) is 53.6 Å². The van der Waals surface area contributed by atoms with E-state index in [0.717, 1.165) is 54.4 Å². The van der Waals surface area contributed by atoms with Crippen molar-refractivity contribution in [1.29, 1.82) is 0 Å². The summed E-state index contributed by atoms with van der Waals surface area (Å²) in [6.45, 7) is 0.714. The van der Waals surface area contributed by atoms with Gasteiger partial charge in [-0.25, -0.2) is 9.61 Å². The number of hydrogen-bond acceptors (Lipinski definition) is 5. The van der Waals surface area contributed by atoms with Gasteiger partial charge in [0.2, 0.25) is 5.91 Å². The Balaban J connectivity index is 1.14.